The molecule has 0 bridgehead atoms. The van der Waals surface area contributed by atoms with Crippen molar-refractivity contribution < 1.29 is 14.3 Å². The Morgan fingerprint density at radius 3 is 3.00 bits per heavy atom. The molecule has 0 aromatic carbocycles. The number of fused-ring (bicyclic) bond motifs is 1. The van der Waals surface area contributed by atoms with Gasteiger partial charge >= 0.3 is 0 Å². The van der Waals surface area contributed by atoms with Crippen molar-refractivity contribution in [3.05, 3.63) is 30.1 Å². The quantitative estimate of drug-likeness (QED) is 0.782. The number of pyridine rings is 1. The van der Waals surface area contributed by atoms with Gasteiger partial charge in [0, 0.05) is 58.1 Å². The van der Waals surface area contributed by atoms with E-state index >= 15 is 0 Å². The number of hydrogen-bond acceptors (Lipinski definition) is 5. The van der Waals surface area contributed by atoms with Gasteiger partial charge in [-0.2, -0.15) is 0 Å². The molecule has 138 valence electrons. The van der Waals surface area contributed by atoms with Gasteiger partial charge in [-0.1, -0.05) is 0 Å². The molecule has 3 heterocycles. The van der Waals surface area contributed by atoms with E-state index in [1.54, 1.807) is 19.0 Å². The molecular weight excluding hydrogens is 318 g/mol. The van der Waals surface area contributed by atoms with Crippen LogP contribution < -0.4 is 0 Å². The second-order valence-electron chi connectivity index (χ2n) is 7.46. The van der Waals surface area contributed by atoms with Crippen LogP contribution in [0.2, 0.25) is 0 Å². The zero-order valence-electron chi connectivity index (χ0n) is 15.3. The molecule has 0 N–H and O–H groups in total. The van der Waals surface area contributed by atoms with Crippen LogP contribution in [0, 0.1) is 5.41 Å². The van der Waals surface area contributed by atoms with Crippen LogP contribution in [0.1, 0.15) is 24.8 Å². The monoisotopic (exact) mass is 347 g/mol. The van der Waals surface area contributed by atoms with Gasteiger partial charge in [-0.25, -0.2) is 0 Å². The lowest BCUT2D eigenvalue weighted by Crippen LogP contribution is -2.56. The summed E-state index contributed by atoms with van der Waals surface area (Å²) in [6, 6.07) is 4.14. The summed E-state index contributed by atoms with van der Waals surface area (Å²) in [5.74, 6) is 0.00845. The van der Waals surface area contributed by atoms with Crippen molar-refractivity contribution in [3.63, 3.8) is 0 Å². The number of hydrogen-bond donors (Lipinski definition) is 0. The third kappa shape index (κ3) is 4.57. The summed E-state index contributed by atoms with van der Waals surface area (Å²) >= 11 is 0. The van der Waals surface area contributed by atoms with E-state index in [0.29, 0.717) is 6.61 Å². The number of nitrogens with zero attached hydrogens (tertiary/aromatic N) is 3. The minimum atomic E-state index is -0.00385. The summed E-state index contributed by atoms with van der Waals surface area (Å²) in [6.45, 7) is 4.48. The minimum absolute atomic E-state index is 0.00385. The smallest absolute Gasteiger partial charge is 0.248 e. The van der Waals surface area contributed by atoms with E-state index in [-0.39, 0.29) is 24.0 Å². The van der Waals surface area contributed by atoms with E-state index < -0.39 is 0 Å². The minimum Gasteiger partial charge on any atom is -0.377 e. The predicted octanol–water partition coefficient (Wildman–Crippen LogP) is 1.56. The predicted molar refractivity (Wildman–Crippen MR) is 95.1 cm³/mol. The fraction of sp³-hybridized carbons (Fsp3) is 0.684. The van der Waals surface area contributed by atoms with Crippen molar-refractivity contribution in [1.82, 2.24) is 14.8 Å². The molecule has 0 radical (unpaired) electrons. The molecule has 0 unspecified atom stereocenters. The van der Waals surface area contributed by atoms with Gasteiger partial charge in [-0.05, 0) is 37.0 Å². The van der Waals surface area contributed by atoms with Crippen molar-refractivity contribution in [2.75, 3.05) is 47.0 Å². The van der Waals surface area contributed by atoms with E-state index in [1.165, 1.54) is 5.56 Å². The molecule has 2 atom stereocenters. The number of ether oxygens (including phenoxy) is 2. The van der Waals surface area contributed by atoms with Crippen LogP contribution >= 0.6 is 0 Å². The highest BCUT2D eigenvalue weighted by Crippen LogP contribution is 2.40. The first-order valence-corrected chi connectivity index (χ1v) is 9.10. The highest BCUT2D eigenvalue weighted by molar-refractivity contribution is 5.76. The van der Waals surface area contributed by atoms with Gasteiger partial charge in [0.2, 0.25) is 5.91 Å². The standard InChI is InChI=1S/C19H29N3O3/c1-21(2)18(23)13-24-15-19-7-3-11-25-17(19)6-10-22(14-19)12-16-4-8-20-9-5-16/h4-5,8-9,17H,3,6-7,10-15H2,1-2H3/t17-,19-/m1/s1. The molecular formula is C19H29N3O3. The highest BCUT2D eigenvalue weighted by Gasteiger charge is 2.46. The van der Waals surface area contributed by atoms with Crippen LogP contribution in [-0.4, -0.2) is 73.8 Å². The van der Waals surface area contributed by atoms with Crippen molar-refractivity contribution in [2.45, 2.75) is 31.9 Å². The third-order valence-corrected chi connectivity index (χ3v) is 5.34. The lowest BCUT2D eigenvalue weighted by molar-refractivity contribution is -0.160. The maximum absolute atomic E-state index is 11.8. The maximum Gasteiger partial charge on any atom is 0.248 e. The maximum atomic E-state index is 11.8. The van der Waals surface area contributed by atoms with Crippen LogP contribution in [0.15, 0.2) is 24.5 Å². The topological polar surface area (TPSA) is 54.9 Å². The lowest BCUT2D eigenvalue weighted by atomic mass is 9.73. The van der Waals surface area contributed by atoms with Crippen LogP contribution in [-0.2, 0) is 20.8 Å². The Kier molecular flexibility index (Phi) is 6.04. The second kappa shape index (κ2) is 8.25. The number of aromatic nitrogens is 1. The largest absolute Gasteiger partial charge is 0.377 e. The van der Waals surface area contributed by atoms with Gasteiger partial charge in [0.25, 0.3) is 0 Å². The molecule has 3 rings (SSSR count). The fourth-order valence-corrected chi connectivity index (χ4v) is 3.95. The van der Waals surface area contributed by atoms with Crippen LogP contribution in [0.4, 0.5) is 0 Å². The molecule has 6 heteroatoms. The Morgan fingerprint density at radius 2 is 2.24 bits per heavy atom. The van der Waals surface area contributed by atoms with Gasteiger partial charge in [-0.15, -0.1) is 0 Å². The normalized spacial score (nSPS) is 26.9. The van der Waals surface area contributed by atoms with Gasteiger partial charge in [0.05, 0.1) is 12.7 Å². The SMILES string of the molecule is CN(C)C(=O)COC[C@]12CCCO[C@@H]1CCN(Cc1ccncc1)C2. The summed E-state index contributed by atoms with van der Waals surface area (Å²) in [5.41, 5.74) is 1.28. The molecule has 2 aliphatic heterocycles. The Balaban J connectivity index is 1.63. The van der Waals surface area contributed by atoms with E-state index in [4.69, 9.17) is 9.47 Å². The Morgan fingerprint density at radius 1 is 1.44 bits per heavy atom. The van der Waals surface area contributed by atoms with Crippen LogP contribution in [0.5, 0.6) is 0 Å². The molecule has 0 spiro atoms. The molecule has 2 fully saturated rings. The fourth-order valence-electron chi connectivity index (χ4n) is 3.95. The van der Waals surface area contributed by atoms with E-state index in [1.807, 2.05) is 12.4 Å². The summed E-state index contributed by atoms with van der Waals surface area (Å²) in [6.07, 6.45) is 7.11. The molecule has 1 aromatic heterocycles. The third-order valence-electron chi connectivity index (χ3n) is 5.34. The first-order chi connectivity index (χ1) is 12.1. The Hall–Kier alpha value is -1.50. The molecule has 2 saturated heterocycles. The number of rotatable bonds is 6. The summed E-state index contributed by atoms with van der Waals surface area (Å²) in [7, 11) is 3.52. The highest BCUT2D eigenvalue weighted by atomic mass is 16.5. The van der Waals surface area contributed by atoms with Gasteiger partial charge in [0.15, 0.2) is 0 Å². The summed E-state index contributed by atoms with van der Waals surface area (Å²) < 4.78 is 11.9. The number of piperidine rings is 1. The van der Waals surface area contributed by atoms with Crippen molar-refractivity contribution in [3.8, 4) is 0 Å². The molecule has 0 aliphatic carbocycles. The van der Waals surface area contributed by atoms with E-state index in [9.17, 15) is 4.79 Å². The van der Waals surface area contributed by atoms with E-state index in [0.717, 1.165) is 45.5 Å². The Labute approximate surface area is 150 Å². The first-order valence-electron chi connectivity index (χ1n) is 9.10. The van der Waals surface area contributed by atoms with Crippen LogP contribution in [0.25, 0.3) is 0 Å². The van der Waals surface area contributed by atoms with Gasteiger partial charge in [0.1, 0.15) is 6.61 Å². The second-order valence-corrected chi connectivity index (χ2v) is 7.46. The summed E-state index contributed by atoms with van der Waals surface area (Å²) in [5, 5.41) is 0. The van der Waals surface area contributed by atoms with Crippen molar-refractivity contribution in [1.29, 1.82) is 0 Å². The zero-order chi connectivity index (χ0) is 17.7. The van der Waals surface area contributed by atoms with Crippen LogP contribution in [0.3, 0.4) is 0 Å². The molecule has 0 saturated carbocycles. The van der Waals surface area contributed by atoms with Gasteiger partial charge < -0.3 is 14.4 Å². The number of carbonyl (C=O) groups excluding carboxylic acids is 1. The van der Waals surface area contributed by atoms with Crippen molar-refractivity contribution in [2.24, 2.45) is 5.41 Å². The molecule has 1 aromatic rings. The zero-order valence-corrected chi connectivity index (χ0v) is 15.3. The average Bonchev–Trinajstić information content (AvgIpc) is 2.62. The number of likely N-dealkylation sites (N-methyl/N-ethyl adjacent to an activating group) is 1. The number of likely N-dealkylation sites (tertiary alicyclic amines) is 1. The Bertz CT molecular complexity index is 566. The molecule has 6 nitrogen and oxygen atoms in total. The average molecular weight is 347 g/mol. The molecule has 25 heavy (non-hydrogen) atoms. The first kappa shape index (κ1) is 18.3. The number of carbonyl (C=O) groups is 1. The molecule has 2 aliphatic rings. The van der Waals surface area contributed by atoms with E-state index in [2.05, 4.69) is 22.0 Å². The molecule has 1 amide bonds. The van der Waals surface area contributed by atoms with Gasteiger partial charge in [-0.3, -0.25) is 14.7 Å². The lowest BCUT2D eigenvalue weighted by Gasteiger charge is -2.50. The number of amides is 1. The van der Waals surface area contributed by atoms with Crippen molar-refractivity contribution >= 4 is 5.91 Å². The summed E-state index contributed by atoms with van der Waals surface area (Å²) in [4.78, 5) is 20.0.